The molecule has 1 aliphatic rings. The quantitative estimate of drug-likeness (QED) is 0.681. The number of likely N-dealkylation sites (tertiary alicyclic amines) is 1. The Balaban J connectivity index is 1.65. The molecular formula is C15H14ClN3O4. The van der Waals surface area contributed by atoms with Crippen LogP contribution in [-0.2, 0) is 0 Å². The second kappa shape index (κ2) is 6.29. The number of hydrogen-bond acceptors (Lipinski definition) is 4. The van der Waals surface area contributed by atoms with E-state index in [9.17, 15) is 14.9 Å². The highest BCUT2D eigenvalue weighted by atomic mass is 35.5. The molecule has 120 valence electrons. The van der Waals surface area contributed by atoms with Gasteiger partial charge >= 0.3 is 6.03 Å². The molecule has 2 heterocycles. The number of nitro groups is 1. The van der Waals surface area contributed by atoms with Crippen molar-refractivity contribution in [3.05, 3.63) is 57.5 Å². The van der Waals surface area contributed by atoms with Gasteiger partial charge in [0, 0.05) is 31.1 Å². The van der Waals surface area contributed by atoms with Crippen LogP contribution in [-0.4, -0.2) is 28.9 Å². The number of carbonyl (C=O) groups is 1. The van der Waals surface area contributed by atoms with E-state index in [1.54, 1.807) is 11.2 Å². The molecular weight excluding hydrogens is 322 g/mol. The number of carbonyl (C=O) groups excluding carboxylic acids is 1. The highest BCUT2D eigenvalue weighted by Gasteiger charge is 2.29. The summed E-state index contributed by atoms with van der Waals surface area (Å²) in [5.74, 6) is 1.05. The monoisotopic (exact) mass is 335 g/mol. The smallest absolute Gasteiger partial charge is 0.321 e. The van der Waals surface area contributed by atoms with Gasteiger partial charge in [-0.05, 0) is 24.6 Å². The number of nitro benzene ring substituents is 1. The van der Waals surface area contributed by atoms with E-state index in [1.165, 1.54) is 18.2 Å². The van der Waals surface area contributed by atoms with Crippen LogP contribution in [0.25, 0.3) is 0 Å². The first-order valence-electron chi connectivity index (χ1n) is 7.08. The summed E-state index contributed by atoms with van der Waals surface area (Å²) in [4.78, 5) is 24.1. The van der Waals surface area contributed by atoms with Crippen LogP contribution in [0.3, 0.4) is 0 Å². The highest BCUT2D eigenvalue weighted by Crippen LogP contribution is 2.30. The van der Waals surface area contributed by atoms with Gasteiger partial charge in [-0.15, -0.1) is 0 Å². The lowest BCUT2D eigenvalue weighted by molar-refractivity contribution is -0.384. The SMILES string of the molecule is O=C(Nc1ccc([N+](=O)[O-])cc1Cl)N1CCC(c2ccco2)C1. The third kappa shape index (κ3) is 3.29. The molecule has 2 amide bonds. The van der Waals surface area contributed by atoms with E-state index in [1.807, 2.05) is 12.1 Å². The maximum absolute atomic E-state index is 12.3. The largest absolute Gasteiger partial charge is 0.469 e. The Morgan fingerprint density at radius 2 is 2.26 bits per heavy atom. The summed E-state index contributed by atoms with van der Waals surface area (Å²) in [6, 6.07) is 7.39. The molecule has 23 heavy (non-hydrogen) atoms. The predicted octanol–water partition coefficient (Wildman–Crippen LogP) is 3.86. The first kappa shape index (κ1) is 15.4. The molecule has 1 N–H and O–H groups in total. The van der Waals surface area contributed by atoms with Crippen molar-refractivity contribution < 1.29 is 14.1 Å². The molecule has 0 bridgehead atoms. The molecule has 1 unspecified atom stereocenters. The first-order valence-corrected chi connectivity index (χ1v) is 7.45. The van der Waals surface area contributed by atoms with Crippen molar-refractivity contribution in [2.45, 2.75) is 12.3 Å². The van der Waals surface area contributed by atoms with E-state index < -0.39 is 4.92 Å². The Kier molecular flexibility index (Phi) is 4.20. The molecule has 3 rings (SSSR count). The van der Waals surface area contributed by atoms with Gasteiger partial charge in [-0.3, -0.25) is 10.1 Å². The van der Waals surface area contributed by atoms with Gasteiger partial charge in [0.15, 0.2) is 0 Å². The molecule has 1 saturated heterocycles. The standard InChI is InChI=1S/C15H14ClN3O4/c16-12-8-11(19(21)22)3-4-13(12)17-15(20)18-6-5-10(9-18)14-2-1-7-23-14/h1-4,7-8,10H,5-6,9H2,(H,17,20). The summed E-state index contributed by atoms with van der Waals surface area (Å²) in [6.07, 6.45) is 2.45. The van der Waals surface area contributed by atoms with Crippen LogP contribution in [0.1, 0.15) is 18.1 Å². The van der Waals surface area contributed by atoms with Crippen molar-refractivity contribution in [1.82, 2.24) is 4.90 Å². The minimum Gasteiger partial charge on any atom is -0.469 e. The van der Waals surface area contributed by atoms with E-state index >= 15 is 0 Å². The first-order chi connectivity index (χ1) is 11.0. The van der Waals surface area contributed by atoms with Crippen molar-refractivity contribution in [3.8, 4) is 0 Å². The van der Waals surface area contributed by atoms with E-state index in [2.05, 4.69) is 5.32 Å². The average Bonchev–Trinajstić information content (AvgIpc) is 3.19. The van der Waals surface area contributed by atoms with Crippen LogP contribution in [0.4, 0.5) is 16.2 Å². The minimum atomic E-state index is -0.536. The van der Waals surface area contributed by atoms with Crippen LogP contribution >= 0.6 is 11.6 Å². The van der Waals surface area contributed by atoms with Crippen LogP contribution in [0.5, 0.6) is 0 Å². The van der Waals surface area contributed by atoms with Gasteiger partial charge in [0.1, 0.15) is 5.76 Å². The fourth-order valence-corrected chi connectivity index (χ4v) is 2.84. The molecule has 7 nitrogen and oxygen atoms in total. The number of benzene rings is 1. The number of urea groups is 1. The summed E-state index contributed by atoms with van der Waals surface area (Å²) < 4.78 is 5.38. The number of amides is 2. The summed E-state index contributed by atoms with van der Waals surface area (Å²) in [7, 11) is 0. The van der Waals surface area contributed by atoms with Crippen molar-refractivity contribution in [3.63, 3.8) is 0 Å². The predicted molar refractivity (Wildman–Crippen MR) is 84.8 cm³/mol. The number of halogens is 1. The Bertz CT molecular complexity index is 732. The summed E-state index contributed by atoms with van der Waals surface area (Å²) >= 11 is 5.98. The Labute approximate surface area is 137 Å². The minimum absolute atomic E-state index is 0.118. The third-order valence-corrected chi connectivity index (χ3v) is 4.14. The zero-order valence-corrected chi connectivity index (χ0v) is 12.8. The lowest BCUT2D eigenvalue weighted by Crippen LogP contribution is -2.32. The lowest BCUT2D eigenvalue weighted by atomic mass is 10.1. The van der Waals surface area contributed by atoms with E-state index in [0.717, 1.165) is 12.2 Å². The summed E-state index contributed by atoms with van der Waals surface area (Å²) in [5.41, 5.74) is 0.232. The van der Waals surface area contributed by atoms with Gasteiger partial charge in [-0.1, -0.05) is 11.6 Å². The van der Waals surface area contributed by atoms with Gasteiger partial charge in [0.05, 0.1) is 21.9 Å². The maximum Gasteiger partial charge on any atom is 0.321 e. The Morgan fingerprint density at radius 1 is 1.43 bits per heavy atom. The van der Waals surface area contributed by atoms with Crippen LogP contribution < -0.4 is 5.32 Å². The zero-order valence-electron chi connectivity index (χ0n) is 12.1. The van der Waals surface area contributed by atoms with Crippen LogP contribution in [0, 0.1) is 10.1 Å². The molecule has 1 aliphatic heterocycles. The topological polar surface area (TPSA) is 88.6 Å². The number of rotatable bonds is 3. The number of hydrogen-bond donors (Lipinski definition) is 1. The zero-order chi connectivity index (χ0) is 16.4. The lowest BCUT2D eigenvalue weighted by Gasteiger charge is -2.17. The number of nitrogens with one attached hydrogen (secondary N) is 1. The van der Waals surface area contributed by atoms with Gasteiger partial charge in [0.2, 0.25) is 0 Å². The van der Waals surface area contributed by atoms with Crippen molar-refractivity contribution in [1.29, 1.82) is 0 Å². The molecule has 0 saturated carbocycles. The third-order valence-electron chi connectivity index (χ3n) is 3.83. The number of anilines is 1. The normalized spacial score (nSPS) is 17.3. The van der Waals surface area contributed by atoms with Gasteiger partial charge in [0.25, 0.3) is 5.69 Å². The van der Waals surface area contributed by atoms with Crippen molar-refractivity contribution in [2.24, 2.45) is 0 Å². The van der Waals surface area contributed by atoms with Crippen LogP contribution in [0.15, 0.2) is 41.0 Å². The second-order valence-corrected chi connectivity index (χ2v) is 5.71. The average molecular weight is 336 g/mol. The van der Waals surface area contributed by atoms with Gasteiger partial charge < -0.3 is 14.6 Å². The number of furan rings is 1. The maximum atomic E-state index is 12.3. The molecule has 1 atom stereocenters. The second-order valence-electron chi connectivity index (χ2n) is 5.30. The van der Waals surface area contributed by atoms with E-state index in [-0.39, 0.29) is 22.7 Å². The van der Waals surface area contributed by atoms with Crippen molar-refractivity contribution in [2.75, 3.05) is 18.4 Å². The van der Waals surface area contributed by atoms with Gasteiger partial charge in [-0.2, -0.15) is 0 Å². The van der Waals surface area contributed by atoms with Crippen molar-refractivity contribution >= 4 is 29.0 Å². The summed E-state index contributed by atoms with van der Waals surface area (Å²) in [6.45, 7) is 1.17. The highest BCUT2D eigenvalue weighted by molar-refractivity contribution is 6.33. The fourth-order valence-electron chi connectivity index (χ4n) is 2.61. The molecule has 1 aromatic heterocycles. The fraction of sp³-hybridized carbons (Fsp3) is 0.267. The molecule has 1 fully saturated rings. The van der Waals surface area contributed by atoms with Gasteiger partial charge in [-0.25, -0.2) is 4.79 Å². The molecule has 0 spiro atoms. The number of non-ortho nitro benzene ring substituents is 1. The number of nitrogens with zero attached hydrogens (tertiary/aromatic N) is 2. The molecule has 8 heteroatoms. The molecule has 2 aromatic rings. The van der Waals surface area contributed by atoms with E-state index in [0.29, 0.717) is 18.8 Å². The Hall–Kier alpha value is -2.54. The molecule has 0 radical (unpaired) electrons. The molecule has 1 aromatic carbocycles. The van der Waals surface area contributed by atoms with Crippen LogP contribution in [0.2, 0.25) is 5.02 Å². The molecule has 0 aliphatic carbocycles. The Morgan fingerprint density at radius 3 is 2.91 bits per heavy atom. The van der Waals surface area contributed by atoms with E-state index in [4.69, 9.17) is 16.0 Å². The summed E-state index contributed by atoms with van der Waals surface area (Å²) in [5, 5.41) is 13.5.